The highest BCUT2D eigenvalue weighted by atomic mass is 79.9. The van der Waals surface area contributed by atoms with Crippen LogP contribution in [0.4, 0.5) is 4.39 Å². The van der Waals surface area contributed by atoms with E-state index in [2.05, 4.69) is 15.9 Å². The Labute approximate surface area is 97.4 Å². The number of hydrogen-bond donors (Lipinski definition) is 1. The Bertz CT molecular complexity index is 376. The molecule has 0 aromatic heterocycles. The van der Waals surface area contributed by atoms with Crippen LogP contribution in [0.15, 0.2) is 22.7 Å². The highest BCUT2D eigenvalue weighted by molar-refractivity contribution is 9.10. The summed E-state index contributed by atoms with van der Waals surface area (Å²) in [6.07, 6.45) is 2.55. The first-order chi connectivity index (χ1) is 7.09. The Morgan fingerprint density at radius 3 is 2.73 bits per heavy atom. The van der Waals surface area contributed by atoms with Crippen LogP contribution in [0, 0.1) is 11.7 Å². The van der Waals surface area contributed by atoms with Gasteiger partial charge < -0.3 is 5.11 Å². The van der Waals surface area contributed by atoms with E-state index in [9.17, 15) is 9.50 Å². The van der Waals surface area contributed by atoms with Crippen LogP contribution in [-0.2, 0) is 5.60 Å². The number of rotatable bonds is 3. The first-order valence-electron chi connectivity index (χ1n) is 5.26. The largest absolute Gasteiger partial charge is 0.385 e. The minimum Gasteiger partial charge on any atom is -0.385 e. The highest BCUT2D eigenvalue weighted by Gasteiger charge is 2.45. The van der Waals surface area contributed by atoms with Crippen molar-refractivity contribution in [3.05, 3.63) is 34.1 Å². The molecule has 0 heterocycles. The Morgan fingerprint density at radius 2 is 2.20 bits per heavy atom. The van der Waals surface area contributed by atoms with Gasteiger partial charge in [0.05, 0.1) is 10.1 Å². The van der Waals surface area contributed by atoms with Gasteiger partial charge in [0.25, 0.3) is 0 Å². The van der Waals surface area contributed by atoms with Crippen LogP contribution in [0.25, 0.3) is 0 Å². The third-order valence-corrected chi connectivity index (χ3v) is 3.82. The van der Waals surface area contributed by atoms with Gasteiger partial charge >= 0.3 is 0 Å². The average molecular weight is 273 g/mol. The summed E-state index contributed by atoms with van der Waals surface area (Å²) in [6.45, 7) is 1.90. The van der Waals surface area contributed by atoms with Crippen LogP contribution in [0.3, 0.4) is 0 Å². The molecule has 1 atom stereocenters. The molecule has 15 heavy (non-hydrogen) atoms. The fourth-order valence-corrected chi connectivity index (χ4v) is 2.46. The van der Waals surface area contributed by atoms with Gasteiger partial charge in [-0.3, -0.25) is 0 Å². The normalized spacial score (nSPS) is 20.0. The predicted octanol–water partition coefficient (Wildman–Crippen LogP) is 3.60. The standard InChI is InChI=1S/C12H14BrFO/c1-2-12(15,8-6-7-8)9-4-3-5-10(13)11(9)14/h3-5,8,15H,2,6-7H2,1H3. The Morgan fingerprint density at radius 1 is 1.53 bits per heavy atom. The number of hydrogen-bond acceptors (Lipinski definition) is 1. The topological polar surface area (TPSA) is 20.2 Å². The molecule has 3 heteroatoms. The van der Waals surface area contributed by atoms with Gasteiger partial charge in [-0.2, -0.15) is 0 Å². The molecule has 2 rings (SSSR count). The van der Waals surface area contributed by atoms with Gasteiger partial charge in [-0.25, -0.2) is 4.39 Å². The van der Waals surface area contributed by atoms with Crippen LogP contribution in [0.5, 0.6) is 0 Å². The highest BCUT2D eigenvalue weighted by Crippen LogP contribution is 2.48. The average Bonchev–Trinajstić information content (AvgIpc) is 3.05. The summed E-state index contributed by atoms with van der Waals surface area (Å²) in [7, 11) is 0. The predicted molar refractivity (Wildman–Crippen MR) is 61.0 cm³/mol. The van der Waals surface area contributed by atoms with Crippen LogP contribution < -0.4 is 0 Å². The van der Waals surface area contributed by atoms with E-state index in [-0.39, 0.29) is 11.7 Å². The molecule has 82 valence electrons. The van der Waals surface area contributed by atoms with Crippen LogP contribution >= 0.6 is 15.9 Å². The minimum absolute atomic E-state index is 0.228. The lowest BCUT2D eigenvalue weighted by molar-refractivity contribution is 0.00544. The summed E-state index contributed by atoms with van der Waals surface area (Å²) >= 11 is 3.15. The molecule has 1 aromatic rings. The molecule has 1 aliphatic rings. The van der Waals surface area contributed by atoms with Crippen molar-refractivity contribution in [2.24, 2.45) is 5.92 Å². The van der Waals surface area contributed by atoms with Gasteiger partial charge in [0.2, 0.25) is 0 Å². The van der Waals surface area contributed by atoms with E-state index in [1.54, 1.807) is 18.2 Å². The first kappa shape index (κ1) is 11.1. The van der Waals surface area contributed by atoms with Crippen molar-refractivity contribution in [2.75, 3.05) is 0 Å². The maximum atomic E-state index is 13.9. The quantitative estimate of drug-likeness (QED) is 0.892. The Balaban J connectivity index is 2.46. The van der Waals surface area contributed by atoms with Gasteiger partial charge in [0.1, 0.15) is 5.82 Å². The zero-order valence-electron chi connectivity index (χ0n) is 8.63. The molecule has 1 saturated carbocycles. The number of benzene rings is 1. The van der Waals surface area contributed by atoms with Gasteiger partial charge in [-0.05, 0) is 47.2 Å². The van der Waals surface area contributed by atoms with Crippen molar-refractivity contribution in [3.8, 4) is 0 Å². The molecule has 0 spiro atoms. The maximum Gasteiger partial charge on any atom is 0.143 e. The lowest BCUT2D eigenvalue weighted by atomic mass is 9.86. The molecule has 1 nitrogen and oxygen atoms in total. The second-order valence-corrected chi connectivity index (χ2v) is 5.01. The lowest BCUT2D eigenvalue weighted by Crippen LogP contribution is -2.28. The van der Waals surface area contributed by atoms with Crippen molar-refractivity contribution < 1.29 is 9.50 Å². The van der Waals surface area contributed by atoms with E-state index < -0.39 is 5.60 Å². The molecule has 1 unspecified atom stereocenters. The summed E-state index contributed by atoms with van der Waals surface area (Å²) in [6, 6.07) is 5.11. The molecule has 0 bridgehead atoms. The maximum absolute atomic E-state index is 13.9. The Kier molecular flexibility index (Phi) is 2.86. The zero-order valence-corrected chi connectivity index (χ0v) is 10.2. The van der Waals surface area contributed by atoms with Gasteiger partial charge in [-0.1, -0.05) is 19.1 Å². The van der Waals surface area contributed by atoms with E-state index in [1.807, 2.05) is 6.92 Å². The van der Waals surface area contributed by atoms with Gasteiger partial charge in [0, 0.05) is 5.56 Å². The van der Waals surface area contributed by atoms with Gasteiger partial charge in [0.15, 0.2) is 0 Å². The number of halogens is 2. The SMILES string of the molecule is CCC(O)(c1cccc(Br)c1F)C1CC1. The van der Waals surface area contributed by atoms with E-state index in [1.165, 1.54) is 0 Å². The van der Waals surface area contributed by atoms with Crippen molar-refractivity contribution >= 4 is 15.9 Å². The summed E-state index contributed by atoms with van der Waals surface area (Å²) in [5.41, 5.74) is -0.546. The fourth-order valence-electron chi connectivity index (χ4n) is 2.10. The molecule has 1 aromatic carbocycles. The minimum atomic E-state index is -0.978. The van der Waals surface area contributed by atoms with E-state index in [4.69, 9.17) is 0 Å². The lowest BCUT2D eigenvalue weighted by Gasteiger charge is -2.28. The number of aliphatic hydroxyl groups is 1. The van der Waals surface area contributed by atoms with Crippen molar-refractivity contribution in [2.45, 2.75) is 31.8 Å². The molecular weight excluding hydrogens is 259 g/mol. The third-order valence-electron chi connectivity index (χ3n) is 3.21. The molecule has 1 aliphatic carbocycles. The van der Waals surface area contributed by atoms with Crippen molar-refractivity contribution in [1.29, 1.82) is 0 Å². The monoisotopic (exact) mass is 272 g/mol. The van der Waals surface area contributed by atoms with E-state index >= 15 is 0 Å². The molecular formula is C12H14BrFO. The van der Waals surface area contributed by atoms with Crippen LogP contribution in [0.2, 0.25) is 0 Å². The van der Waals surface area contributed by atoms with E-state index in [0.717, 1.165) is 12.8 Å². The summed E-state index contributed by atoms with van der Waals surface area (Å²) in [5, 5.41) is 10.5. The summed E-state index contributed by atoms with van der Waals surface area (Å²) < 4.78 is 14.3. The fraction of sp³-hybridized carbons (Fsp3) is 0.500. The van der Waals surface area contributed by atoms with Crippen LogP contribution in [-0.4, -0.2) is 5.11 Å². The molecule has 0 radical (unpaired) electrons. The van der Waals surface area contributed by atoms with Crippen molar-refractivity contribution in [1.82, 2.24) is 0 Å². The third kappa shape index (κ3) is 1.83. The molecule has 1 N–H and O–H groups in total. The summed E-state index contributed by atoms with van der Waals surface area (Å²) in [4.78, 5) is 0. The summed E-state index contributed by atoms with van der Waals surface area (Å²) in [5.74, 6) is -0.0972. The first-order valence-corrected chi connectivity index (χ1v) is 6.05. The van der Waals surface area contributed by atoms with Crippen molar-refractivity contribution in [3.63, 3.8) is 0 Å². The van der Waals surface area contributed by atoms with E-state index in [0.29, 0.717) is 16.5 Å². The molecule has 0 amide bonds. The second-order valence-electron chi connectivity index (χ2n) is 4.15. The zero-order chi connectivity index (χ0) is 11.1. The smallest absolute Gasteiger partial charge is 0.143 e. The molecule has 0 aliphatic heterocycles. The molecule has 1 fully saturated rings. The Hall–Kier alpha value is -0.410. The van der Waals surface area contributed by atoms with Crippen LogP contribution in [0.1, 0.15) is 31.7 Å². The second kappa shape index (κ2) is 3.87. The molecule has 0 saturated heterocycles. The van der Waals surface area contributed by atoms with Gasteiger partial charge in [-0.15, -0.1) is 0 Å².